The van der Waals surface area contributed by atoms with Gasteiger partial charge in [0.2, 0.25) is 0 Å². The van der Waals surface area contributed by atoms with E-state index in [0.717, 1.165) is 11.5 Å². The minimum absolute atomic E-state index is 0.0883. The molecule has 2 aliphatic carbocycles. The molecule has 1 aromatic heterocycles. The summed E-state index contributed by atoms with van der Waals surface area (Å²) < 4.78 is 14.4. The predicted molar refractivity (Wildman–Crippen MR) is 103 cm³/mol. The number of nitrogens with zero attached hydrogens (tertiary/aromatic N) is 1. The standard InChI is InChI=1S/C23H23FN2O/c24-21-14-18(3-2-17-8-12-25-13-9-17)6-7-20(21)22(27)26-16-23(10-1-11-23)15-19-4-5-19/h6-9,12-14,19H,1,4-5,10-11,15-16H2,(H,26,27). The number of amides is 1. The van der Waals surface area contributed by atoms with E-state index in [4.69, 9.17) is 0 Å². The van der Waals surface area contributed by atoms with Crippen molar-refractivity contribution in [2.24, 2.45) is 11.3 Å². The van der Waals surface area contributed by atoms with Gasteiger partial charge in [0, 0.05) is 30.1 Å². The van der Waals surface area contributed by atoms with E-state index in [1.54, 1.807) is 30.6 Å². The van der Waals surface area contributed by atoms with Crippen molar-refractivity contribution < 1.29 is 9.18 Å². The zero-order chi connectivity index (χ0) is 18.7. The van der Waals surface area contributed by atoms with Crippen LogP contribution in [0.3, 0.4) is 0 Å². The average molecular weight is 362 g/mol. The van der Waals surface area contributed by atoms with Crippen LogP contribution in [0.15, 0.2) is 42.7 Å². The molecule has 0 atom stereocenters. The lowest BCUT2D eigenvalue weighted by atomic mass is 9.65. The van der Waals surface area contributed by atoms with E-state index in [-0.39, 0.29) is 16.9 Å². The van der Waals surface area contributed by atoms with Gasteiger partial charge in [0.25, 0.3) is 5.91 Å². The molecule has 27 heavy (non-hydrogen) atoms. The normalized spacial score (nSPS) is 17.4. The number of aromatic nitrogens is 1. The highest BCUT2D eigenvalue weighted by molar-refractivity contribution is 5.94. The van der Waals surface area contributed by atoms with Crippen molar-refractivity contribution in [3.05, 3.63) is 65.2 Å². The number of hydrogen-bond donors (Lipinski definition) is 1. The van der Waals surface area contributed by atoms with Crippen LogP contribution in [0, 0.1) is 29.0 Å². The molecule has 2 fully saturated rings. The number of carbonyl (C=O) groups excluding carboxylic acids is 1. The Balaban J connectivity index is 1.40. The first-order valence-electron chi connectivity index (χ1n) is 9.63. The monoisotopic (exact) mass is 362 g/mol. The Bertz CT molecular complexity index is 890. The number of pyridine rings is 1. The van der Waals surface area contributed by atoms with Crippen LogP contribution in [0.5, 0.6) is 0 Å². The topological polar surface area (TPSA) is 42.0 Å². The lowest BCUT2D eigenvalue weighted by Crippen LogP contribution is -2.42. The predicted octanol–water partition coefficient (Wildman–Crippen LogP) is 4.32. The maximum absolute atomic E-state index is 14.4. The third-order valence-corrected chi connectivity index (χ3v) is 5.70. The lowest BCUT2D eigenvalue weighted by molar-refractivity contribution is 0.0810. The van der Waals surface area contributed by atoms with Gasteiger partial charge < -0.3 is 5.32 Å². The maximum Gasteiger partial charge on any atom is 0.254 e. The zero-order valence-electron chi connectivity index (χ0n) is 15.3. The molecule has 1 heterocycles. The first kappa shape index (κ1) is 17.7. The summed E-state index contributed by atoms with van der Waals surface area (Å²) >= 11 is 0. The van der Waals surface area contributed by atoms with Gasteiger partial charge in [-0.05, 0) is 60.9 Å². The van der Waals surface area contributed by atoms with Crippen molar-refractivity contribution in [1.29, 1.82) is 0 Å². The number of benzene rings is 1. The third kappa shape index (κ3) is 4.36. The van der Waals surface area contributed by atoms with Crippen LogP contribution < -0.4 is 5.32 Å². The number of rotatable bonds is 5. The van der Waals surface area contributed by atoms with Gasteiger partial charge in [0.05, 0.1) is 5.56 Å². The molecule has 1 aromatic carbocycles. The van der Waals surface area contributed by atoms with Gasteiger partial charge in [-0.2, -0.15) is 0 Å². The number of carbonyl (C=O) groups is 1. The van der Waals surface area contributed by atoms with Gasteiger partial charge >= 0.3 is 0 Å². The van der Waals surface area contributed by atoms with E-state index in [2.05, 4.69) is 22.1 Å². The quantitative estimate of drug-likeness (QED) is 0.805. The Morgan fingerprint density at radius 3 is 2.52 bits per heavy atom. The fourth-order valence-electron chi connectivity index (χ4n) is 3.78. The molecular weight excluding hydrogens is 339 g/mol. The van der Waals surface area contributed by atoms with Gasteiger partial charge in [-0.1, -0.05) is 31.1 Å². The summed E-state index contributed by atoms with van der Waals surface area (Å²) in [5.41, 5.74) is 1.70. The first-order chi connectivity index (χ1) is 13.1. The van der Waals surface area contributed by atoms with Crippen molar-refractivity contribution >= 4 is 5.91 Å². The highest BCUT2D eigenvalue weighted by Gasteiger charge is 2.41. The number of nitrogens with one attached hydrogen (secondary N) is 1. The van der Waals surface area contributed by atoms with Gasteiger partial charge in [-0.3, -0.25) is 9.78 Å². The largest absolute Gasteiger partial charge is 0.351 e. The average Bonchev–Trinajstić information content (AvgIpc) is 3.47. The Kier molecular flexibility index (Phi) is 4.94. The number of halogens is 1. The zero-order valence-corrected chi connectivity index (χ0v) is 15.3. The smallest absolute Gasteiger partial charge is 0.254 e. The van der Waals surface area contributed by atoms with E-state index < -0.39 is 5.82 Å². The minimum atomic E-state index is -0.529. The van der Waals surface area contributed by atoms with Crippen LogP contribution >= 0.6 is 0 Å². The van der Waals surface area contributed by atoms with E-state index >= 15 is 0 Å². The highest BCUT2D eigenvalue weighted by Crippen LogP contribution is 2.50. The van der Waals surface area contributed by atoms with Crippen molar-refractivity contribution in [2.75, 3.05) is 6.54 Å². The van der Waals surface area contributed by atoms with Crippen molar-refractivity contribution in [3.8, 4) is 11.8 Å². The molecule has 4 heteroatoms. The minimum Gasteiger partial charge on any atom is -0.351 e. The van der Waals surface area contributed by atoms with Crippen molar-refractivity contribution in [2.45, 2.75) is 38.5 Å². The van der Waals surface area contributed by atoms with Crippen LogP contribution in [0.25, 0.3) is 0 Å². The summed E-state index contributed by atoms with van der Waals surface area (Å²) in [4.78, 5) is 16.4. The summed E-state index contributed by atoms with van der Waals surface area (Å²) in [6.07, 6.45) is 10.8. The van der Waals surface area contributed by atoms with Crippen LogP contribution in [0.4, 0.5) is 4.39 Å². The molecule has 2 saturated carbocycles. The Hall–Kier alpha value is -2.67. The van der Waals surface area contributed by atoms with Crippen molar-refractivity contribution in [1.82, 2.24) is 10.3 Å². The van der Waals surface area contributed by atoms with E-state index in [1.807, 2.05) is 0 Å². The summed E-state index contributed by atoms with van der Waals surface area (Å²) in [6, 6.07) is 8.13. The fraction of sp³-hybridized carbons (Fsp3) is 0.391. The summed E-state index contributed by atoms with van der Waals surface area (Å²) in [5.74, 6) is 5.87. The SMILES string of the molecule is O=C(NCC1(CC2CC2)CCC1)c1ccc(C#Cc2ccncc2)cc1F. The van der Waals surface area contributed by atoms with Gasteiger partial charge in [-0.25, -0.2) is 4.39 Å². The molecule has 1 amide bonds. The molecule has 0 saturated heterocycles. The Labute approximate surface area is 159 Å². The molecular formula is C23H23FN2O. The van der Waals surface area contributed by atoms with Gasteiger partial charge in [-0.15, -0.1) is 0 Å². The third-order valence-electron chi connectivity index (χ3n) is 5.70. The second kappa shape index (κ2) is 7.52. The molecule has 2 aromatic rings. The second-order valence-corrected chi connectivity index (χ2v) is 7.86. The summed E-state index contributed by atoms with van der Waals surface area (Å²) in [7, 11) is 0. The molecule has 2 aliphatic rings. The van der Waals surface area contributed by atoms with Gasteiger partial charge in [0.15, 0.2) is 0 Å². The molecule has 1 N–H and O–H groups in total. The molecule has 138 valence electrons. The number of hydrogen-bond acceptors (Lipinski definition) is 2. The second-order valence-electron chi connectivity index (χ2n) is 7.86. The summed E-state index contributed by atoms with van der Waals surface area (Å²) in [6.45, 7) is 0.658. The molecule has 0 spiro atoms. The Morgan fingerprint density at radius 2 is 1.89 bits per heavy atom. The van der Waals surface area contributed by atoms with Crippen molar-refractivity contribution in [3.63, 3.8) is 0 Å². The van der Waals surface area contributed by atoms with Crippen LogP contribution in [0.1, 0.15) is 60.0 Å². The molecule has 4 rings (SSSR count). The van der Waals surface area contributed by atoms with Crippen LogP contribution in [-0.4, -0.2) is 17.4 Å². The lowest BCUT2D eigenvalue weighted by Gasteiger charge is -2.42. The van der Waals surface area contributed by atoms with E-state index in [1.165, 1.54) is 50.7 Å². The maximum atomic E-state index is 14.4. The molecule has 3 nitrogen and oxygen atoms in total. The molecule has 0 unspecified atom stereocenters. The molecule has 0 aliphatic heterocycles. The van der Waals surface area contributed by atoms with E-state index in [9.17, 15) is 9.18 Å². The summed E-state index contributed by atoms with van der Waals surface area (Å²) in [5, 5.41) is 2.97. The van der Waals surface area contributed by atoms with Crippen LogP contribution in [0.2, 0.25) is 0 Å². The highest BCUT2D eigenvalue weighted by atomic mass is 19.1. The molecule has 0 bridgehead atoms. The first-order valence-corrected chi connectivity index (χ1v) is 9.63. The van der Waals surface area contributed by atoms with Crippen LogP contribution in [-0.2, 0) is 0 Å². The van der Waals surface area contributed by atoms with E-state index in [0.29, 0.717) is 12.1 Å². The molecule has 0 radical (unpaired) electrons. The Morgan fingerprint density at radius 1 is 1.15 bits per heavy atom. The fourth-order valence-corrected chi connectivity index (χ4v) is 3.78. The van der Waals surface area contributed by atoms with Gasteiger partial charge in [0.1, 0.15) is 5.82 Å².